The third-order valence-electron chi connectivity index (χ3n) is 3.56. The van der Waals surface area contributed by atoms with Gasteiger partial charge < -0.3 is 16.0 Å². The minimum Gasteiger partial charge on any atom is -0.399 e. The minimum absolute atomic E-state index is 0.0147. The van der Waals surface area contributed by atoms with Crippen LogP contribution in [-0.4, -0.2) is 23.5 Å². The van der Waals surface area contributed by atoms with Gasteiger partial charge in [0.05, 0.1) is 0 Å². The summed E-state index contributed by atoms with van der Waals surface area (Å²) < 4.78 is 0. The maximum Gasteiger partial charge on any atom is 0.322 e. The number of likely N-dealkylation sites (tertiary alicyclic amines) is 1. The van der Waals surface area contributed by atoms with Crippen LogP contribution in [0.25, 0.3) is 0 Å². The molecule has 1 fully saturated rings. The molecular weight excluding hydrogens is 226 g/mol. The van der Waals surface area contributed by atoms with E-state index in [-0.39, 0.29) is 6.03 Å². The number of nitrogen functional groups attached to an aromatic ring is 1. The lowest BCUT2D eigenvalue weighted by Gasteiger charge is -2.36. The van der Waals surface area contributed by atoms with E-state index in [1.54, 1.807) is 12.1 Å². The average Bonchev–Trinajstić information content (AvgIpc) is 2.32. The maximum absolute atomic E-state index is 12.2. The number of hydrogen-bond acceptors (Lipinski definition) is 2. The topological polar surface area (TPSA) is 58.4 Å². The Hall–Kier alpha value is -1.71. The van der Waals surface area contributed by atoms with Crippen LogP contribution in [0.2, 0.25) is 0 Å². The summed E-state index contributed by atoms with van der Waals surface area (Å²) in [6.07, 6.45) is 2.16. The molecular formula is C14H21N3O. The van der Waals surface area contributed by atoms with Gasteiger partial charge in [0.15, 0.2) is 0 Å². The van der Waals surface area contributed by atoms with E-state index in [1.165, 1.54) is 0 Å². The monoisotopic (exact) mass is 247 g/mol. The van der Waals surface area contributed by atoms with Crippen molar-refractivity contribution < 1.29 is 4.79 Å². The molecule has 0 aromatic heterocycles. The van der Waals surface area contributed by atoms with Gasteiger partial charge in [0.1, 0.15) is 0 Å². The second-order valence-electron chi connectivity index (χ2n) is 5.22. The number of nitrogens with two attached hydrogens (primary N) is 1. The first kappa shape index (κ1) is 12.7. The predicted molar refractivity (Wildman–Crippen MR) is 74.4 cm³/mol. The molecule has 1 aliphatic heterocycles. The van der Waals surface area contributed by atoms with Crippen molar-refractivity contribution in [3.05, 3.63) is 24.3 Å². The highest BCUT2D eigenvalue weighted by Gasteiger charge is 2.26. The number of carbonyl (C=O) groups is 1. The summed E-state index contributed by atoms with van der Waals surface area (Å²) in [6, 6.07) is 7.52. The number of nitrogens with zero attached hydrogens (tertiary/aromatic N) is 1. The normalized spacial score (nSPS) is 23.8. The highest BCUT2D eigenvalue weighted by Crippen LogP contribution is 2.23. The Bertz CT molecular complexity index is 416. The summed E-state index contributed by atoms with van der Waals surface area (Å²) in [5.41, 5.74) is 7.11. The lowest BCUT2D eigenvalue weighted by atomic mass is 9.94. The molecule has 0 saturated carbocycles. The first-order valence-corrected chi connectivity index (χ1v) is 6.49. The van der Waals surface area contributed by atoms with Crippen LogP contribution in [0.15, 0.2) is 24.3 Å². The largest absolute Gasteiger partial charge is 0.399 e. The van der Waals surface area contributed by atoms with Gasteiger partial charge in [-0.05, 0) is 49.9 Å². The van der Waals surface area contributed by atoms with Crippen molar-refractivity contribution in [2.45, 2.75) is 32.7 Å². The van der Waals surface area contributed by atoms with Crippen molar-refractivity contribution >= 4 is 17.4 Å². The van der Waals surface area contributed by atoms with Gasteiger partial charge in [-0.2, -0.15) is 0 Å². The fourth-order valence-corrected chi connectivity index (χ4v) is 2.47. The molecule has 1 aliphatic rings. The number of amides is 2. The van der Waals surface area contributed by atoms with Gasteiger partial charge in [0.25, 0.3) is 0 Å². The molecule has 1 heterocycles. The molecule has 3 N–H and O–H groups in total. The van der Waals surface area contributed by atoms with E-state index in [9.17, 15) is 4.79 Å². The van der Waals surface area contributed by atoms with Crippen LogP contribution in [-0.2, 0) is 0 Å². The summed E-state index contributed by atoms with van der Waals surface area (Å²) in [6.45, 7) is 5.19. The number of nitrogens with one attached hydrogen (secondary N) is 1. The molecule has 4 heteroatoms. The van der Waals surface area contributed by atoms with Gasteiger partial charge in [0, 0.05) is 24.0 Å². The van der Waals surface area contributed by atoms with Crippen LogP contribution in [0.5, 0.6) is 0 Å². The third-order valence-corrected chi connectivity index (χ3v) is 3.56. The van der Waals surface area contributed by atoms with Crippen molar-refractivity contribution in [1.82, 2.24) is 4.90 Å². The molecule has 0 bridgehead atoms. The number of carbonyl (C=O) groups excluding carboxylic acids is 1. The van der Waals surface area contributed by atoms with Gasteiger partial charge in [-0.3, -0.25) is 0 Å². The Morgan fingerprint density at radius 2 is 2.00 bits per heavy atom. The van der Waals surface area contributed by atoms with Crippen LogP contribution < -0.4 is 11.1 Å². The van der Waals surface area contributed by atoms with Crippen LogP contribution in [0.1, 0.15) is 26.7 Å². The number of benzene rings is 1. The average molecular weight is 247 g/mol. The summed E-state index contributed by atoms with van der Waals surface area (Å²) in [7, 11) is 0. The standard InChI is InChI=1S/C14H21N3O/c1-10-7-8-17(11(2)9-10)14(18)16-13-5-3-12(15)4-6-13/h3-6,10-11H,7-9,15H2,1-2H3,(H,16,18). The van der Waals surface area contributed by atoms with Crippen molar-refractivity contribution in [3.8, 4) is 0 Å². The van der Waals surface area contributed by atoms with E-state index in [0.717, 1.165) is 25.1 Å². The van der Waals surface area contributed by atoms with Gasteiger partial charge in [0.2, 0.25) is 0 Å². The Balaban J connectivity index is 1.97. The molecule has 0 aliphatic carbocycles. The molecule has 0 spiro atoms. The molecule has 2 atom stereocenters. The van der Waals surface area contributed by atoms with Crippen LogP contribution >= 0.6 is 0 Å². The van der Waals surface area contributed by atoms with Crippen LogP contribution in [0, 0.1) is 5.92 Å². The molecule has 1 saturated heterocycles. The maximum atomic E-state index is 12.2. The van der Waals surface area contributed by atoms with Crippen LogP contribution in [0.3, 0.4) is 0 Å². The fraction of sp³-hybridized carbons (Fsp3) is 0.500. The molecule has 18 heavy (non-hydrogen) atoms. The smallest absolute Gasteiger partial charge is 0.322 e. The summed E-state index contributed by atoms with van der Waals surface area (Å²) in [4.78, 5) is 14.1. The number of anilines is 2. The predicted octanol–water partition coefficient (Wildman–Crippen LogP) is 2.92. The second kappa shape index (κ2) is 5.29. The Morgan fingerprint density at radius 1 is 1.33 bits per heavy atom. The van der Waals surface area contributed by atoms with E-state index < -0.39 is 0 Å². The van der Waals surface area contributed by atoms with Crippen LogP contribution in [0.4, 0.5) is 16.2 Å². The van der Waals surface area contributed by atoms with Crippen molar-refractivity contribution in [3.63, 3.8) is 0 Å². The molecule has 98 valence electrons. The van der Waals surface area contributed by atoms with E-state index in [0.29, 0.717) is 17.6 Å². The molecule has 1 aromatic rings. The zero-order valence-corrected chi connectivity index (χ0v) is 11.0. The van der Waals surface area contributed by atoms with E-state index in [1.807, 2.05) is 17.0 Å². The Morgan fingerprint density at radius 3 is 2.61 bits per heavy atom. The highest BCUT2D eigenvalue weighted by atomic mass is 16.2. The molecule has 4 nitrogen and oxygen atoms in total. The molecule has 1 aromatic carbocycles. The third kappa shape index (κ3) is 2.94. The van der Waals surface area contributed by atoms with Crippen molar-refractivity contribution in [2.75, 3.05) is 17.6 Å². The van der Waals surface area contributed by atoms with Gasteiger partial charge in [-0.25, -0.2) is 4.79 Å². The van der Waals surface area contributed by atoms with E-state index >= 15 is 0 Å². The van der Waals surface area contributed by atoms with E-state index in [4.69, 9.17) is 5.73 Å². The van der Waals surface area contributed by atoms with Gasteiger partial charge >= 0.3 is 6.03 Å². The van der Waals surface area contributed by atoms with Crippen molar-refractivity contribution in [1.29, 1.82) is 0 Å². The summed E-state index contributed by atoms with van der Waals surface area (Å²) in [5, 5.41) is 2.92. The van der Waals surface area contributed by atoms with E-state index in [2.05, 4.69) is 19.2 Å². The lowest BCUT2D eigenvalue weighted by molar-refractivity contribution is 0.150. The number of piperidine rings is 1. The zero-order valence-electron chi connectivity index (χ0n) is 11.0. The minimum atomic E-state index is -0.0147. The van der Waals surface area contributed by atoms with Crippen molar-refractivity contribution in [2.24, 2.45) is 5.92 Å². The highest BCUT2D eigenvalue weighted by molar-refractivity contribution is 5.89. The fourth-order valence-electron chi connectivity index (χ4n) is 2.47. The van der Waals surface area contributed by atoms with Gasteiger partial charge in [-0.15, -0.1) is 0 Å². The van der Waals surface area contributed by atoms with Gasteiger partial charge in [-0.1, -0.05) is 6.92 Å². The lowest BCUT2D eigenvalue weighted by Crippen LogP contribution is -2.46. The quantitative estimate of drug-likeness (QED) is 0.750. The Labute approximate surface area is 108 Å². The number of urea groups is 1. The number of hydrogen-bond donors (Lipinski definition) is 2. The first-order valence-electron chi connectivity index (χ1n) is 6.49. The molecule has 2 unspecified atom stereocenters. The number of rotatable bonds is 1. The molecule has 2 rings (SSSR count). The second-order valence-corrected chi connectivity index (χ2v) is 5.22. The zero-order chi connectivity index (χ0) is 13.1. The first-order chi connectivity index (χ1) is 8.56. The summed E-state index contributed by atoms with van der Waals surface area (Å²) in [5.74, 6) is 0.709. The molecule has 0 radical (unpaired) electrons. The Kier molecular flexibility index (Phi) is 3.75. The molecule has 2 amide bonds. The SMILES string of the molecule is CC1CCN(C(=O)Nc2ccc(N)cc2)C(C)C1. The summed E-state index contributed by atoms with van der Waals surface area (Å²) >= 11 is 0.